The molecule has 0 bridgehead atoms. The Morgan fingerprint density at radius 1 is 1.25 bits per heavy atom. The topological polar surface area (TPSA) is 47.9 Å². The largest absolute Gasteiger partial charge is 0.476 e. The Balaban J connectivity index is 1.58. The summed E-state index contributed by atoms with van der Waals surface area (Å²) in [5.74, 6) is 2.40. The second-order valence-corrected chi connectivity index (χ2v) is 6.10. The normalized spacial score (nSPS) is 20.8. The van der Waals surface area contributed by atoms with Crippen LogP contribution in [0.4, 0.5) is 0 Å². The van der Waals surface area contributed by atoms with E-state index in [0.29, 0.717) is 24.3 Å². The highest BCUT2D eigenvalue weighted by atomic mass is 79.9. The lowest BCUT2D eigenvalue weighted by Crippen LogP contribution is -2.04. The van der Waals surface area contributed by atoms with Crippen LogP contribution < -0.4 is 4.74 Å². The van der Waals surface area contributed by atoms with Gasteiger partial charge in [-0.25, -0.2) is 4.98 Å². The molecule has 0 spiro atoms. The molecule has 5 heteroatoms. The molecule has 1 saturated carbocycles. The highest BCUT2D eigenvalue weighted by Crippen LogP contribution is 2.46. The third-order valence-corrected chi connectivity index (χ3v) is 4.05. The van der Waals surface area contributed by atoms with Gasteiger partial charge in [0.25, 0.3) is 0 Å². The van der Waals surface area contributed by atoms with Gasteiger partial charge in [0.05, 0.1) is 11.1 Å². The van der Waals surface area contributed by atoms with E-state index in [0.717, 1.165) is 16.7 Å². The zero-order valence-corrected chi connectivity index (χ0v) is 13.1. The first-order chi connectivity index (χ1) is 9.63. The summed E-state index contributed by atoms with van der Waals surface area (Å²) in [7, 11) is 0. The minimum atomic E-state index is 0.525. The van der Waals surface area contributed by atoms with Gasteiger partial charge in [-0.2, -0.15) is 4.98 Å². The van der Waals surface area contributed by atoms with E-state index < -0.39 is 0 Å². The Morgan fingerprint density at radius 2 is 2.10 bits per heavy atom. The maximum Gasteiger partial charge on any atom is 0.231 e. The first-order valence-corrected chi connectivity index (χ1v) is 7.47. The molecule has 0 N–H and O–H groups in total. The van der Waals surface area contributed by atoms with Crippen LogP contribution >= 0.6 is 15.9 Å². The van der Waals surface area contributed by atoms with Crippen LogP contribution in [0.1, 0.15) is 29.4 Å². The zero-order valence-electron chi connectivity index (χ0n) is 11.5. The van der Waals surface area contributed by atoms with Crippen molar-refractivity contribution in [3.63, 3.8) is 0 Å². The predicted octanol–water partition coefficient (Wildman–Crippen LogP) is 3.43. The Hall–Kier alpha value is -1.49. The Bertz CT molecular complexity index is 615. The van der Waals surface area contributed by atoms with Crippen LogP contribution in [-0.4, -0.2) is 21.6 Å². The smallest absolute Gasteiger partial charge is 0.231 e. The van der Waals surface area contributed by atoms with Gasteiger partial charge in [0, 0.05) is 29.9 Å². The zero-order chi connectivity index (χ0) is 14.1. The van der Waals surface area contributed by atoms with Gasteiger partial charge in [-0.3, -0.25) is 4.98 Å². The molecule has 2 heterocycles. The highest BCUT2D eigenvalue weighted by Gasteiger charge is 2.40. The van der Waals surface area contributed by atoms with Crippen molar-refractivity contribution in [2.24, 2.45) is 5.92 Å². The fourth-order valence-electron chi connectivity index (χ4n) is 2.21. The molecule has 2 aromatic heterocycles. The van der Waals surface area contributed by atoms with Gasteiger partial charge in [-0.05, 0) is 47.8 Å². The van der Waals surface area contributed by atoms with Gasteiger partial charge in [-0.1, -0.05) is 6.07 Å². The van der Waals surface area contributed by atoms with Gasteiger partial charge >= 0.3 is 0 Å². The number of aryl methyl sites for hydroxylation is 2. The Labute approximate surface area is 126 Å². The van der Waals surface area contributed by atoms with E-state index in [4.69, 9.17) is 4.74 Å². The van der Waals surface area contributed by atoms with E-state index in [2.05, 4.69) is 49.9 Å². The molecule has 4 nitrogen and oxygen atoms in total. The van der Waals surface area contributed by atoms with Crippen LogP contribution in [0, 0.1) is 19.8 Å². The lowest BCUT2D eigenvalue weighted by molar-refractivity contribution is 0.282. The van der Waals surface area contributed by atoms with Crippen molar-refractivity contribution >= 4 is 15.9 Å². The molecule has 0 radical (unpaired) electrons. The number of hydrogen-bond donors (Lipinski definition) is 0. The molecule has 1 fully saturated rings. The molecule has 104 valence electrons. The standard InChI is InChI=1S/C15H16BrN3O/c1-9-3-4-14(18-6-9)12-5-11(12)8-20-15-13(16)7-17-10(2)19-15/h3-4,6-7,11-12H,5,8H2,1-2H3. The fraction of sp³-hybridized carbons (Fsp3) is 0.400. The third-order valence-electron chi connectivity index (χ3n) is 3.50. The summed E-state index contributed by atoms with van der Waals surface area (Å²) in [6.07, 6.45) is 4.79. The van der Waals surface area contributed by atoms with Crippen molar-refractivity contribution in [3.8, 4) is 5.88 Å². The number of hydrogen-bond acceptors (Lipinski definition) is 4. The molecule has 2 unspecified atom stereocenters. The number of aromatic nitrogens is 3. The van der Waals surface area contributed by atoms with Gasteiger partial charge in [0.1, 0.15) is 5.82 Å². The highest BCUT2D eigenvalue weighted by molar-refractivity contribution is 9.10. The monoisotopic (exact) mass is 333 g/mol. The Kier molecular flexibility index (Phi) is 3.70. The van der Waals surface area contributed by atoms with Crippen molar-refractivity contribution in [2.45, 2.75) is 26.2 Å². The molecule has 1 aliphatic rings. The first kappa shape index (κ1) is 13.5. The van der Waals surface area contributed by atoms with Crippen molar-refractivity contribution < 1.29 is 4.74 Å². The van der Waals surface area contributed by atoms with E-state index in [1.54, 1.807) is 6.20 Å². The lowest BCUT2D eigenvalue weighted by atomic mass is 10.2. The van der Waals surface area contributed by atoms with Crippen molar-refractivity contribution in [3.05, 3.63) is 46.1 Å². The summed E-state index contributed by atoms with van der Waals surface area (Å²) in [6.45, 7) is 4.59. The molecular formula is C15H16BrN3O. The second-order valence-electron chi connectivity index (χ2n) is 5.24. The van der Waals surface area contributed by atoms with E-state index in [1.807, 2.05) is 13.1 Å². The number of nitrogens with zero attached hydrogens (tertiary/aromatic N) is 3. The SMILES string of the molecule is Cc1ccc(C2CC2COc2nc(C)ncc2Br)nc1. The maximum atomic E-state index is 5.79. The van der Waals surface area contributed by atoms with Gasteiger partial charge in [0.15, 0.2) is 0 Å². The summed E-state index contributed by atoms with van der Waals surface area (Å²) in [4.78, 5) is 12.9. The molecule has 0 amide bonds. The molecule has 3 rings (SSSR count). The van der Waals surface area contributed by atoms with E-state index in [-0.39, 0.29) is 0 Å². The predicted molar refractivity (Wildman–Crippen MR) is 79.8 cm³/mol. The summed E-state index contributed by atoms with van der Waals surface area (Å²) >= 11 is 3.41. The molecule has 0 aromatic carbocycles. The quantitative estimate of drug-likeness (QED) is 0.859. The average Bonchev–Trinajstić information content (AvgIpc) is 3.20. The summed E-state index contributed by atoms with van der Waals surface area (Å²) in [5, 5.41) is 0. The Morgan fingerprint density at radius 3 is 2.85 bits per heavy atom. The molecule has 2 atom stereocenters. The molecule has 0 aliphatic heterocycles. The van der Waals surface area contributed by atoms with Crippen LogP contribution in [-0.2, 0) is 0 Å². The van der Waals surface area contributed by atoms with Gasteiger partial charge in [-0.15, -0.1) is 0 Å². The van der Waals surface area contributed by atoms with Crippen molar-refractivity contribution in [1.82, 2.24) is 15.0 Å². The van der Waals surface area contributed by atoms with E-state index >= 15 is 0 Å². The number of halogens is 1. The van der Waals surface area contributed by atoms with Crippen LogP contribution in [0.3, 0.4) is 0 Å². The summed E-state index contributed by atoms with van der Waals surface area (Å²) in [5.41, 5.74) is 2.37. The third kappa shape index (κ3) is 2.98. The molecule has 20 heavy (non-hydrogen) atoms. The summed E-state index contributed by atoms with van der Waals surface area (Å²) in [6, 6.07) is 4.23. The molecular weight excluding hydrogens is 318 g/mol. The fourth-order valence-corrected chi connectivity index (χ4v) is 2.52. The van der Waals surface area contributed by atoms with Crippen LogP contribution in [0.5, 0.6) is 5.88 Å². The van der Waals surface area contributed by atoms with Crippen LogP contribution in [0.2, 0.25) is 0 Å². The minimum absolute atomic E-state index is 0.525. The van der Waals surface area contributed by atoms with E-state index in [9.17, 15) is 0 Å². The molecule has 0 saturated heterocycles. The number of ether oxygens (including phenoxy) is 1. The molecule has 1 aliphatic carbocycles. The lowest BCUT2D eigenvalue weighted by Gasteiger charge is -2.07. The first-order valence-electron chi connectivity index (χ1n) is 6.68. The van der Waals surface area contributed by atoms with Crippen molar-refractivity contribution in [2.75, 3.05) is 6.61 Å². The average molecular weight is 334 g/mol. The van der Waals surface area contributed by atoms with Gasteiger partial charge < -0.3 is 4.74 Å². The van der Waals surface area contributed by atoms with E-state index in [1.165, 1.54) is 11.3 Å². The summed E-state index contributed by atoms with van der Waals surface area (Å²) < 4.78 is 6.59. The number of rotatable bonds is 4. The van der Waals surface area contributed by atoms with Crippen LogP contribution in [0.25, 0.3) is 0 Å². The van der Waals surface area contributed by atoms with Crippen LogP contribution in [0.15, 0.2) is 29.0 Å². The second kappa shape index (κ2) is 5.48. The minimum Gasteiger partial charge on any atom is -0.476 e. The maximum absolute atomic E-state index is 5.79. The van der Waals surface area contributed by atoms with Gasteiger partial charge in [0.2, 0.25) is 5.88 Å². The van der Waals surface area contributed by atoms with Crippen molar-refractivity contribution in [1.29, 1.82) is 0 Å². The number of pyridine rings is 1. The molecule has 2 aromatic rings.